The molecule has 0 bridgehead atoms. The molecule has 15 heavy (non-hydrogen) atoms. The van der Waals surface area contributed by atoms with Crippen molar-refractivity contribution in [3.63, 3.8) is 0 Å². The van der Waals surface area contributed by atoms with Crippen molar-refractivity contribution < 1.29 is 0 Å². The van der Waals surface area contributed by atoms with Crippen LogP contribution in [0.5, 0.6) is 0 Å². The lowest BCUT2D eigenvalue weighted by Gasteiger charge is -2.28. The molecule has 0 aromatic carbocycles. The maximum Gasteiger partial charge on any atom is 0.225 e. The van der Waals surface area contributed by atoms with E-state index in [1.54, 1.807) is 0 Å². The number of nitrogens with one attached hydrogen (secondary N) is 1. The molecule has 5 nitrogen and oxygen atoms in total. The normalized spacial score (nSPS) is 20.2. The summed E-state index contributed by atoms with van der Waals surface area (Å²) in [6, 6.07) is 0. The van der Waals surface area contributed by atoms with Crippen molar-refractivity contribution in [3.8, 4) is 0 Å². The second-order valence-electron chi connectivity index (χ2n) is 4.00. The van der Waals surface area contributed by atoms with Crippen LogP contribution >= 0.6 is 0 Å². The number of rotatable bonds is 2. The Balaban J connectivity index is 2.77. The first kappa shape index (κ1) is 11.8. The number of nitrogens with zero attached hydrogens (tertiary/aromatic N) is 4. The second-order valence-corrected chi connectivity index (χ2v) is 4.00. The molecular weight excluding hydrogens is 190 g/mol. The predicted octanol–water partition coefficient (Wildman–Crippen LogP) is 0.551. The number of aliphatic imine (C=N–C) groups is 2. The molecule has 1 aliphatic rings. The minimum Gasteiger partial charge on any atom is -0.347 e. The first-order valence-corrected chi connectivity index (χ1v) is 5.36. The number of hydrogen-bond donors (Lipinski definition) is 1. The maximum absolute atomic E-state index is 4.46. The van der Waals surface area contributed by atoms with Gasteiger partial charge in [-0.25, -0.2) is 4.99 Å². The summed E-state index contributed by atoms with van der Waals surface area (Å²) in [6.45, 7) is 5.18. The van der Waals surface area contributed by atoms with Crippen LogP contribution in [0, 0.1) is 0 Å². The second kappa shape index (κ2) is 5.00. The first-order chi connectivity index (χ1) is 7.04. The third-order valence-corrected chi connectivity index (χ3v) is 2.17. The standard InChI is InChI=1S/C10H21N5/c1-6-7-15(5)10-12-8(2)11-9(13-10)14(3)4/h8H,6-7H2,1-5H3,(H,11,12,13). The van der Waals surface area contributed by atoms with Crippen LogP contribution in [0.15, 0.2) is 9.98 Å². The molecule has 1 atom stereocenters. The van der Waals surface area contributed by atoms with Crippen molar-refractivity contribution >= 4 is 11.9 Å². The van der Waals surface area contributed by atoms with E-state index in [-0.39, 0.29) is 6.17 Å². The van der Waals surface area contributed by atoms with Crippen LogP contribution in [-0.2, 0) is 0 Å². The van der Waals surface area contributed by atoms with Crippen LogP contribution < -0.4 is 5.32 Å². The highest BCUT2D eigenvalue weighted by Crippen LogP contribution is 2.01. The molecule has 0 aromatic rings. The summed E-state index contributed by atoms with van der Waals surface area (Å²) in [6.07, 6.45) is 1.20. The zero-order chi connectivity index (χ0) is 11.4. The molecule has 1 heterocycles. The van der Waals surface area contributed by atoms with Crippen LogP contribution in [0.25, 0.3) is 0 Å². The van der Waals surface area contributed by atoms with E-state index >= 15 is 0 Å². The molecule has 0 fully saturated rings. The molecule has 0 radical (unpaired) electrons. The predicted molar refractivity (Wildman–Crippen MR) is 64.1 cm³/mol. The summed E-state index contributed by atoms with van der Waals surface area (Å²) in [7, 11) is 5.95. The summed E-state index contributed by atoms with van der Waals surface area (Å²) in [5, 5.41) is 3.25. The molecule has 0 amide bonds. The average Bonchev–Trinajstić information content (AvgIpc) is 2.17. The smallest absolute Gasteiger partial charge is 0.225 e. The van der Waals surface area contributed by atoms with Gasteiger partial charge in [0.05, 0.1) is 0 Å². The minimum absolute atomic E-state index is 0.0919. The van der Waals surface area contributed by atoms with Crippen LogP contribution in [0.4, 0.5) is 0 Å². The van der Waals surface area contributed by atoms with Gasteiger partial charge in [0.2, 0.25) is 11.9 Å². The monoisotopic (exact) mass is 211 g/mol. The van der Waals surface area contributed by atoms with E-state index in [9.17, 15) is 0 Å². The Labute approximate surface area is 91.9 Å². The van der Waals surface area contributed by atoms with Crippen LogP contribution in [0.3, 0.4) is 0 Å². The van der Waals surface area contributed by atoms with Crippen LogP contribution in [-0.4, -0.2) is 55.6 Å². The topological polar surface area (TPSA) is 43.2 Å². The van der Waals surface area contributed by atoms with Gasteiger partial charge in [-0.3, -0.25) is 0 Å². The Morgan fingerprint density at radius 2 is 2.00 bits per heavy atom. The SMILES string of the molecule is CCCN(C)C1=NC(N(C)C)=NC(C)N1. The van der Waals surface area contributed by atoms with E-state index in [2.05, 4.69) is 27.1 Å². The molecule has 0 spiro atoms. The third-order valence-electron chi connectivity index (χ3n) is 2.17. The summed E-state index contributed by atoms with van der Waals surface area (Å²) in [5.41, 5.74) is 0. The summed E-state index contributed by atoms with van der Waals surface area (Å²) < 4.78 is 0. The number of guanidine groups is 2. The van der Waals surface area contributed by atoms with E-state index in [1.165, 1.54) is 0 Å². The third kappa shape index (κ3) is 3.11. The van der Waals surface area contributed by atoms with E-state index in [0.717, 1.165) is 24.9 Å². The van der Waals surface area contributed by atoms with Crippen molar-refractivity contribution in [2.24, 2.45) is 9.98 Å². The van der Waals surface area contributed by atoms with Gasteiger partial charge in [0.1, 0.15) is 6.17 Å². The van der Waals surface area contributed by atoms with Crippen molar-refractivity contribution in [2.75, 3.05) is 27.7 Å². The van der Waals surface area contributed by atoms with Gasteiger partial charge in [-0.2, -0.15) is 4.99 Å². The van der Waals surface area contributed by atoms with Gasteiger partial charge in [0, 0.05) is 27.7 Å². The maximum atomic E-state index is 4.46. The lowest BCUT2D eigenvalue weighted by atomic mass is 10.4. The highest BCUT2D eigenvalue weighted by Gasteiger charge is 2.16. The van der Waals surface area contributed by atoms with E-state index in [1.807, 2.05) is 33.0 Å². The first-order valence-electron chi connectivity index (χ1n) is 5.36. The molecule has 0 aromatic heterocycles. The van der Waals surface area contributed by atoms with Crippen LogP contribution in [0.1, 0.15) is 20.3 Å². The largest absolute Gasteiger partial charge is 0.347 e. The van der Waals surface area contributed by atoms with Gasteiger partial charge < -0.3 is 15.1 Å². The summed E-state index contributed by atoms with van der Waals surface area (Å²) in [4.78, 5) is 12.9. The zero-order valence-corrected chi connectivity index (χ0v) is 10.3. The molecule has 1 aliphatic heterocycles. The van der Waals surface area contributed by atoms with Crippen molar-refractivity contribution in [2.45, 2.75) is 26.4 Å². The van der Waals surface area contributed by atoms with E-state index < -0.39 is 0 Å². The van der Waals surface area contributed by atoms with E-state index in [4.69, 9.17) is 0 Å². The zero-order valence-electron chi connectivity index (χ0n) is 10.3. The Kier molecular flexibility index (Phi) is 3.94. The van der Waals surface area contributed by atoms with Crippen molar-refractivity contribution in [3.05, 3.63) is 0 Å². The van der Waals surface area contributed by atoms with Gasteiger partial charge in [-0.05, 0) is 13.3 Å². The Bertz CT molecular complexity index is 269. The van der Waals surface area contributed by atoms with Crippen LogP contribution in [0.2, 0.25) is 0 Å². The molecule has 0 aliphatic carbocycles. The van der Waals surface area contributed by atoms with Gasteiger partial charge in [-0.1, -0.05) is 6.92 Å². The Morgan fingerprint density at radius 3 is 2.53 bits per heavy atom. The number of hydrogen-bond acceptors (Lipinski definition) is 5. The molecule has 0 saturated carbocycles. The average molecular weight is 211 g/mol. The fraction of sp³-hybridized carbons (Fsp3) is 0.800. The molecule has 1 rings (SSSR count). The Morgan fingerprint density at radius 1 is 1.33 bits per heavy atom. The molecule has 86 valence electrons. The van der Waals surface area contributed by atoms with Crippen molar-refractivity contribution in [1.29, 1.82) is 0 Å². The highest BCUT2D eigenvalue weighted by molar-refractivity contribution is 5.96. The molecule has 1 unspecified atom stereocenters. The Hall–Kier alpha value is -1.26. The summed E-state index contributed by atoms with van der Waals surface area (Å²) >= 11 is 0. The molecule has 5 heteroatoms. The highest BCUT2D eigenvalue weighted by atomic mass is 15.4. The fourth-order valence-corrected chi connectivity index (χ4v) is 1.40. The lowest BCUT2D eigenvalue weighted by molar-refractivity contribution is 0.460. The van der Waals surface area contributed by atoms with Gasteiger partial charge in [0.15, 0.2) is 0 Å². The molecule has 0 saturated heterocycles. The molecular formula is C10H21N5. The summed E-state index contributed by atoms with van der Waals surface area (Å²) in [5.74, 6) is 1.68. The van der Waals surface area contributed by atoms with Gasteiger partial charge in [0.25, 0.3) is 0 Å². The van der Waals surface area contributed by atoms with E-state index in [0.29, 0.717) is 0 Å². The fourth-order valence-electron chi connectivity index (χ4n) is 1.40. The quantitative estimate of drug-likeness (QED) is 0.725. The minimum atomic E-state index is 0.0919. The van der Waals surface area contributed by atoms with Gasteiger partial charge in [-0.15, -0.1) is 0 Å². The molecule has 1 N–H and O–H groups in total. The van der Waals surface area contributed by atoms with Gasteiger partial charge >= 0.3 is 0 Å². The lowest BCUT2D eigenvalue weighted by Crippen LogP contribution is -2.47. The van der Waals surface area contributed by atoms with Crippen molar-refractivity contribution in [1.82, 2.24) is 15.1 Å².